The topological polar surface area (TPSA) is 24.5 Å². The number of ether oxygens (including phenoxy) is 1. The second-order valence-corrected chi connectivity index (χ2v) is 7.22. The molecule has 1 aliphatic rings. The van der Waals surface area contributed by atoms with Crippen molar-refractivity contribution in [2.24, 2.45) is 0 Å². The van der Waals surface area contributed by atoms with Crippen LogP contribution in [0.5, 0.6) is 0 Å². The number of alkyl halides is 11. The summed E-state index contributed by atoms with van der Waals surface area (Å²) < 4.78 is 149. The van der Waals surface area contributed by atoms with Crippen LogP contribution in [-0.4, -0.2) is 80.7 Å². The minimum atomic E-state index is -5.40. The Bertz CT molecular complexity index is 520. The van der Waals surface area contributed by atoms with Gasteiger partial charge in [0, 0.05) is 39.0 Å². The van der Waals surface area contributed by atoms with Crippen molar-refractivity contribution in [1.82, 2.24) is 10.2 Å². The molecule has 180 valence electrons. The van der Waals surface area contributed by atoms with Crippen molar-refractivity contribution in [1.29, 1.82) is 0 Å². The van der Waals surface area contributed by atoms with Crippen LogP contribution in [0.3, 0.4) is 0 Å². The van der Waals surface area contributed by atoms with E-state index in [0.29, 0.717) is 32.8 Å². The summed E-state index contributed by atoms with van der Waals surface area (Å²) in [6.07, 6.45) is -15.4. The largest absolute Gasteiger partial charge is 0.394 e. The number of morpholine rings is 1. The predicted molar refractivity (Wildman–Crippen MR) is 84.4 cm³/mol. The number of nitrogens with one attached hydrogen (secondary N) is 1. The lowest BCUT2D eigenvalue weighted by molar-refractivity contribution is -0.248. The molecule has 1 fully saturated rings. The molecule has 0 atom stereocenters. The van der Waals surface area contributed by atoms with Gasteiger partial charge < -0.3 is 10.1 Å². The monoisotopic (exact) mass is 468 g/mol. The molecule has 1 rings (SSSR count). The second kappa shape index (κ2) is 10.2. The molecule has 0 radical (unpaired) electrons. The van der Waals surface area contributed by atoms with E-state index >= 15 is 0 Å². The lowest BCUT2D eigenvalue weighted by Crippen LogP contribution is -2.48. The zero-order chi connectivity index (χ0) is 23.3. The zero-order valence-corrected chi connectivity index (χ0v) is 15.8. The maximum absolute atomic E-state index is 13.7. The number of nitrogens with zero attached hydrogens (tertiary/aromatic N) is 1. The van der Waals surface area contributed by atoms with Gasteiger partial charge in [-0.25, -0.2) is 17.6 Å². The number of hydrogen-bond donors (Lipinski definition) is 1. The first-order chi connectivity index (χ1) is 13.4. The van der Waals surface area contributed by atoms with Crippen molar-refractivity contribution >= 4 is 0 Å². The zero-order valence-electron chi connectivity index (χ0n) is 15.8. The SMILES string of the molecule is FC(F)(F)CC(F)(F)CCC(F)(F)C(F)(F)CC(F)(F)CNCCN1CCOCC1. The number of rotatable bonds is 12. The minimum absolute atomic E-state index is 0.0405. The lowest BCUT2D eigenvalue weighted by atomic mass is 9.97. The summed E-state index contributed by atoms with van der Waals surface area (Å²) in [5.74, 6) is -19.7. The summed E-state index contributed by atoms with van der Waals surface area (Å²) in [6.45, 7) is 0.871. The van der Waals surface area contributed by atoms with Gasteiger partial charge in [-0.05, 0) is 0 Å². The minimum Gasteiger partial charge on any atom is -0.379 e. The van der Waals surface area contributed by atoms with E-state index < -0.39 is 62.1 Å². The molecular weight excluding hydrogens is 445 g/mol. The maximum atomic E-state index is 13.7. The Kier molecular flexibility index (Phi) is 9.19. The van der Waals surface area contributed by atoms with Crippen molar-refractivity contribution in [2.75, 3.05) is 45.9 Å². The Morgan fingerprint density at radius 2 is 1.27 bits per heavy atom. The first-order valence-corrected chi connectivity index (χ1v) is 9.04. The van der Waals surface area contributed by atoms with Gasteiger partial charge in [-0.1, -0.05) is 0 Å². The molecule has 0 aliphatic carbocycles. The molecule has 1 heterocycles. The standard InChI is InChI=1S/C16H23F11N2O/c17-12(18,10-16(25,26)27)1-2-14(21,22)15(23,24)9-13(19,20)11-28-3-4-29-5-7-30-8-6-29/h28H,1-11H2. The van der Waals surface area contributed by atoms with Gasteiger partial charge in [0.05, 0.1) is 26.2 Å². The van der Waals surface area contributed by atoms with Gasteiger partial charge >= 0.3 is 18.0 Å². The molecule has 1 aliphatic heterocycles. The van der Waals surface area contributed by atoms with E-state index in [4.69, 9.17) is 4.74 Å². The van der Waals surface area contributed by atoms with Crippen molar-refractivity contribution in [3.8, 4) is 0 Å². The van der Waals surface area contributed by atoms with Gasteiger partial charge in [0.2, 0.25) is 0 Å². The maximum Gasteiger partial charge on any atom is 0.394 e. The van der Waals surface area contributed by atoms with Crippen LogP contribution in [0.1, 0.15) is 25.7 Å². The summed E-state index contributed by atoms with van der Waals surface area (Å²) in [5.41, 5.74) is 0. The van der Waals surface area contributed by atoms with Gasteiger partial charge in [0.15, 0.2) is 0 Å². The van der Waals surface area contributed by atoms with Crippen molar-refractivity contribution in [3.63, 3.8) is 0 Å². The van der Waals surface area contributed by atoms with Gasteiger partial charge in [0.1, 0.15) is 6.42 Å². The molecule has 0 amide bonds. The Hall–Kier alpha value is -0.890. The van der Waals surface area contributed by atoms with E-state index in [-0.39, 0.29) is 6.54 Å². The quantitative estimate of drug-likeness (QED) is 0.336. The van der Waals surface area contributed by atoms with Crippen molar-refractivity contribution in [2.45, 2.75) is 55.5 Å². The van der Waals surface area contributed by atoms with E-state index in [9.17, 15) is 48.3 Å². The molecule has 1 saturated heterocycles. The Morgan fingerprint density at radius 3 is 1.80 bits per heavy atom. The molecule has 14 heteroatoms. The molecule has 0 bridgehead atoms. The molecule has 3 nitrogen and oxygen atoms in total. The highest BCUT2D eigenvalue weighted by molar-refractivity contribution is 4.91. The third-order valence-electron chi connectivity index (χ3n) is 4.37. The molecule has 0 aromatic heterocycles. The summed E-state index contributed by atoms with van der Waals surface area (Å²) in [6, 6.07) is 0. The van der Waals surface area contributed by atoms with Gasteiger partial charge in [-0.3, -0.25) is 4.90 Å². The molecule has 0 spiro atoms. The Labute approximate surface area is 165 Å². The third-order valence-corrected chi connectivity index (χ3v) is 4.37. The van der Waals surface area contributed by atoms with E-state index in [1.165, 1.54) is 0 Å². The van der Waals surface area contributed by atoms with E-state index in [1.807, 2.05) is 4.90 Å². The summed E-state index contributed by atoms with van der Waals surface area (Å²) in [7, 11) is 0. The Morgan fingerprint density at radius 1 is 0.700 bits per heavy atom. The van der Waals surface area contributed by atoms with Gasteiger partial charge in [-0.15, -0.1) is 0 Å². The van der Waals surface area contributed by atoms with Gasteiger partial charge in [0.25, 0.3) is 11.8 Å². The van der Waals surface area contributed by atoms with Crippen LogP contribution in [0.2, 0.25) is 0 Å². The van der Waals surface area contributed by atoms with Crippen LogP contribution in [-0.2, 0) is 4.74 Å². The molecular formula is C16H23F11N2O. The average molecular weight is 468 g/mol. The first-order valence-electron chi connectivity index (χ1n) is 9.04. The van der Waals surface area contributed by atoms with Crippen LogP contribution >= 0.6 is 0 Å². The van der Waals surface area contributed by atoms with Crippen LogP contribution in [0.4, 0.5) is 48.3 Å². The van der Waals surface area contributed by atoms with Gasteiger partial charge in [-0.2, -0.15) is 30.7 Å². The summed E-state index contributed by atoms with van der Waals surface area (Å²) in [5, 5.41) is 2.17. The van der Waals surface area contributed by atoms with Crippen LogP contribution in [0, 0.1) is 0 Å². The fraction of sp³-hybridized carbons (Fsp3) is 1.00. The van der Waals surface area contributed by atoms with Crippen LogP contribution in [0.15, 0.2) is 0 Å². The average Bonchev–Trinajstić information content (AvgIpc) is 2.55. The van der Waals surface area contributed by atoms with Crippen molar-refractivity contribution < 1.29 is 53.0 Å². The molecule has 30 heavy (non-hydrogen) atoms. The number of hydrogen-bond acceptors (Lipinski definition) is 3. The molecule has 0 aromatic rings. The lowest BCUT2D eigenvalue weighted by Gasteiger charge is -2.31. The van der Waals surface area contributed by atoms with Crippen LogP contribution < -0.4 is 5.32 Å². The normalized spacial score (nSPS) is 18.1. The second-order valence-electron chi connectivity index (χ2n) is 7.22. The molecule has 0 unspecified atom stereocenters. The molecule has 0 saturated carbocycles. The van der Waals surface area contributed by atoms with E-state index in [0.717, 1.165) is 0 Å². The smallest absolute Gasteiger partial charge is 0.379 e. The Balaban J connectivity index is 2.51. The third kappa shape index (κ3) is 9.94. The highest BCUT2D eigenvalue weighted by atomic mass is 19.4. The highest BCUT2D eigenvalue weighted by Crippen LogP contribution is 2.46. The van der Waals surface area contributed by atoms with Crippen molar-refractivity contribution in [3.05, 3.63) is 0 Å². The number of halogens is 11. The first kappa shape index (κ1) is 27.1. The molecule has 0 aromatic carbocycles. The van der Waals surface area contributed by atoms with Crippen LogP contribution in [0.25, 0.3) is 0 Å². The van der Waals surface area contributed by atoms with E-state index in [1.54, 1.807) is 0 Å². The fourth-order valence-electron chi connectivity index (χ4n) is 2.75. The highest BCUT2D eigenvalue weighted by Gasteiger charge is 2.61. The summed E-state index contributed by atoms with van der Waals surface area (Å²) >= 11 is 0. The fourth-order valence-corrected chi connectivity index (χ4v) is 2.75. The predicted octanol–water partition coefficient (Wildman–Crippen LogP) is 4.57. The van der Waals surface area contributed by atoms with E-state index in [2.05, 4.69) is 5.32 Å². The summed E-state index contributed by atoms with van der Waals surface area (Å²) in [4.78, 5) is 1.85. The molecule has 1 N–H and O–H groups in total.